The molecule has 0 radical (unpaired) electrons. The van der Waals surface area contributed by atoms with Crippen molar-refractivity contribution in [2.75, 3.05) is 13.2 Å². The van der Waals surface area contributed by atoms with Crippen molar-refractivity contribution >= 4 is 5.91 Å². The Morgan fingerprint density at radius 2 is 2.05 bits per heavy atom. The van der Waals surface area contributed by atoms with E-state index in [9.17, 15) is 4.79 Å². The van der Waals surface area contributed by atoms with Gasteiger partial charge in [0.1, 0.15) is 5.69 Å². The number of carbonyl (C=O) groups excluding carboxylic acids is 1. The summed E-state index contributed by atoms with van der Waals surface area (Å²) in [6, 6.07) is 9.61. The lowest BCUT2D eigenvalue weighted by Crippen LogP contribution is -2.35. The van der Waals surface area contributed by atoms with E-state index < -0.39 is 0 Å². The fourth-order valence-corrected chi connectivity index (χ4v) is 2.06. The first-order valence-electron chi connectivity index (χ1n) is 7.00. The minimum absolute atomic E-state index is 0.116. The molecule has 0 aliphatic carbocycles. The van der Waals surface area contributed by atoms with Crippen molar-refractivity contribution < 1.29 is 9.90 Å². The van der Waals surface area contributed by atoms with Crippen LogP contribution in [0.1, 0.15) is 30.8 Å². The van der Waals surface area contributed by atoms with Gasteiger partial charge < -0.3 is 10.4 Å². The first-order chi connectivity index (χ1) is 10.0. The van der Waals surface area contributed by atoms with Crippen molar-refractivity contribution in [2.45, 2.75) is 20.3 Å². The standard InChI is InChI=1S/C16H21N3O2/c1-16(2,8-9-20)11-18-15(21)14-10-17-12-19(14)13-6-4-3-5-7-13/h3-7,10,12,20H,8-9,11H2,1-2H3,(H,18,21). The van der Waals surface area contributed by atoms with E-state index in [4.69, 9.17) is 5.11 Å². The predicted molar refractivity (Wildman–Crippen MR) is 81.4 cm³/mol. The average Bonchev–Trinajstić information content (AvgIpc) is 2.95. The lowest BCUT2D eigenvalue weighted by Gasteiger charge is -2.23. The van der Waals surface area contributed by atoms with Gasteiger partial charge in [0, 0.05) is 18.8 Å². The molecule has 0 saturated heterocycles. The summed E-state index contributed by atoms with van der Waals surface area (Å²) in [6.07, 6.45) is 3.83. The lowest BCUT2D eigenvalue weighted by molar-refractivity contribution is 0.0921. The van der Waals surface area contributed by atoms with E-state index in [-0.39, 0.29) is 17.9 Å². The van der Waals surface area contributed by atoms with Crippen LogP contribution < -0.4 is 5.32 Å². The molecule has 2 rings (SSSR count). The molecule has 1 heterocycles. The van der Waals surface area contributed by atoms with Gasteiger partial charge in [-0.15, -0.1) is 0 Å². The molecule has 0 fully saturated rings. The largest absolute Gasteiger partial charge is 0.396 e. The maximum absolute atomic E-state index is 12.3. The molecule has 0 aliphatic rings. The monoisotopic (exact) mass is 287 g/mol. The van der Waals surface area contributed by atoms with Gasteiger partial charge in [0.05, 0.1) is 12.5 Å². The Kier molecular flexibility index (Phi) is 4.75. The third-order valence-electron chi connectivity index (χ3n) is 3.42. The molecule has 0 bridgehead atoms. The molecule has 21 heavy (non-hydrogen) atoms. The lowest BCUT2D eigenvalue weighted by atomic mass is 9.90. The van der Waals surface area contributed by atoms with Crippen LogP contribution in [-0.2, 0) is 0 Å². The van der Waals surface area contributed by atoms with E-state index in [1.165, 1.54) is 0 Å². The number of aliphatic hydroxyl groups is 1. The Balaban J connectivity index is 2.10. The third kappa shape index (κ3) is 3.92. The molecular formula is C16H21N3O2. The number of para-hydroxylation sites is 1. The van der Waals surface area contributed by atoms with Crippen LogP contribution in [0.2, 0.25) is 0 Å². The number of nitrogens with one attached hydrogen (secondary N) is 1. The zero-order chi connectivity index (χ0) is 15.3. The van der Waals surface area contributed by atoms with Gasteiger partial charge in [-0.25, -0.2) is 4.98 Å². The zero-order valence-corrected chi connectivity index (χ0v) is 12.4. The number of imidazole rings is 1. The van der Waals surface area contributed by atoms with Gasteiger partial charge in [-0.05, 0) is 24.0 Å². The van der Waals surface area contributed by atoms with Crippen molar-refractivity contribution in [1.29, 1.82) is 0 Å². The van der Waals surface area contributed by atoms with Crippen molar-refractivity contribution in [3.05, 3.63) is 48.5 Å². The van der Waals surface area contributed by atoms with E-state index >= 15 is 0 Å². The summed E-state index contributed by atoms with van der Waals surface area (Å²) in [7, 11) is 0. The number of rotatable bonds is 6. The second-order valence-electron chi connectivity index (χ2n) is 5.80. The van der Waals surface area contributed by atoms with E-state index in [2.05, 4.69) is 10.3 Å². The molecular weight excluding hydrogens is 266 g/mol. The number of hydrogen-bond acceptors (Lipinski definition) is 3. The zero-order valence-electron chi connectivity index (χ0n) is 12.4. The number of aliphatic hydroxyl groups excluding tert-OH is 1. The highest BCUT2D eigenvalue weighted by molar-refractivity contribution is 5.93. The molecule has 1 aromatic heterocycles. The Hall–Kier alpha value is -2.14. The molecule has 0 aliphatic heterocycles. The van der Waals surface area contributed by atoms with Crippen LogP contribution in [0, 0.1) is 5.41 Å². The van der Waals surface area contributed by atoms with Crippen LogP contribution in [0.4, 0.5) is 0 Å². The van der Waals surface area contributed by atoms with Crippen molar-refractivity contribution in [3.63, 3.8) is 0 Å². The van der Waals surface area contributed by atoms with E-state index in [0.717, 1.165) is 5.69 Å². The highest BCUT2D eigenvalue weighted by atomic mass is 16.3. The summed E-state index contributed by atoms with van der Waals surface area (Å²) in [5.41, 5.74) is 1.26. The van der Waals surface area contributed by atoms with Crippen LogP contribution in [0.5, 0.6) is 0 Å². The number of amides is 1. The Morgan fingerprint density at radius 1 is 1.33 bits per heavy atom. The van der Waals surface area contributed by atoms with Gasteiger partial charge in [-0.2, -0.15) is 0 Å². The van der Waals surface area contributed by atoms with Crippen LogP contribution >= 0.6 is 0 Å². The summed E-state index contributed by atoms with van der Waals surface area (Å²) < 4.78 is 1.76. The average molecular weight is 287 g/mol. The van der Waals surface area contributed by atoms with Crippen molar-refractivity contribution in [1.82, 2.24) is 14.9 Å². The topological polar surface area (TPSA) is 67.2 Å². The molecule has 112 valence electrons. The van der Waals surface area contributed by atoms with E-state index in [1.807, 2.05) is 44.2 Å². The minimum atomic E-state index is -0.164. The van der Waals surface area contributed by atoms with Crippen molar-refractivity contribution in [2.24, 2.45) is 5.41 Å². The second kappa shape index (κ2) is 6.54. The molecule has 0 spiro atoms. The SMILES string of the molecule is CC(C)(CCO)CNC(=O)c1cncn1-c1ccccc1. The van der Waals surface area contributed by atoms with Gasteiger partial charge in [-0.3, -0.25) is 9.36 Å². The van der Waals surface area contributed by atoms with Crippen LogP contribution in [0.15, 0.2) is 42.9 Å². The summed E-state index contributed by atoms with van der Waals surface area (Å²) >= 11 is 0. The number of benzene rings is 1. The molecule has 1 aromatic carbocycles. The van der Waals surface area contributed by atoms with E-state index in [0.29, 0.717) is 18.7 Å². The van der Waals surface area contributed by atoms with Crippen molar-refractivity contribution in [3.8, 4) is 5.69 Å². The molecule has 2 aromatic rings. The van der Waals surface area contributed by atoms with Gasteiger partial charge >= 0.3 is 0 Å². The molecule has 5 heteroatoms. The molecule has 5 nitrogen and oxygen atoms in total. The predicted octanol–water partition coefficient (Wildman–Crippen LogP) is 2.01. The van der Waals surface area contributed by atoms with Crippen LogP contribution in [0.3, 0.4) is 0 Å². The van der Waals surface area contributed by atoms with E-state index in [1.54, 1.807) is 17.1 Å². The van der Waals surface area contributed by atoms with Gasteiger partial charge in [0.15, 0.2) is 0 Å². The first-order valence-corrected chi connectivity index (χ1v) is 7.00. The van der Waals surface area contributed by atoms with Gasteiger partial charge in [-0.1, -0.05) is 32.0 Å². The molecule has 0 saturated carbocycles. The maximum atomic E-state index is 12.3. The summed E-state index contributed by atoms with van der Waals surface area (Å²) in [5, 5.41) is 11.9. The highest BCUT2D eigenvalue weighted by Crippen LogP contribution is 2.18. The first kappa shape index (κ1) is 15.3. The smallest absolute Gasteiger partial charge is 0.269 e. The molecule has 0 atom stereocenters. The third-order valence-corrected chi connectivity index (χ3v) is 3.42. The second-order valence-corrected chi connectivity index (χ2v) is 5.80. The Labute approximate surface area is 124 Å². The maximum Gasteiger partial charge on any atom is 0.269 e. The van der Waals surface area contributed by atoms with Crippen LogP contribution in [0.25, 0.3) is 5.69 Å². The fourth-order valence-electron chi connectivity index (χ4n) is 2.06. The Bertz CT molecular complexity index is 591. The number of nitrogens with zero attached hydrogens (tertiary/aromatic N) is 2. The summed E-state index contributed by atoms with van der Waals surface area (Å²) in [4.78, 5) is 16.4. The highest BCUT2D eigenvalue weighted by Gasteiger charge is 2.20. The molecule has 2 N–H and O–H groups in total. The number of carbonyl (C=O) groups is 1. The normalized spacial score (nSPS) is 11.4. The quantitative estimate of drug-likeness (QED) is 0.854. The van der Waals surface area contributed by atoms with Gasteiger partial charge in [0.2, 0.25) is 0 Å². The Morgan fingerprint density at radius 3 is 2.71 bits per heavy atom. The summed E-state index contributed by atoms with van der Waals surface area (Å²) in [5.74, 6) is -0.164. The summed E-state index contributed by atoms with van der Waals surface area (Å²) in [6.45, 7) is 4.65. The fraction of sp³-hybridized carbons (Fsp3) is 0.375. The molecule has 1 amide bonds. The van der Waals surface area contributed by atoms with Gasteiger partial charge in [0.25, 0.3) is 5.91 Å². The minimum Gasteiger partial charge on any atom is -0.396 e. The molecule has 0 unspecified atom stereocenters. The van der Waals surface area contributed by atoms with Crippen LogP contribution in [-0.4, -0.2) is 33.7 Å². The number of aromatic nitrogens is 2. The number of hydrogen-bond donors (Lipinski definition) is 2.